The molecule has 2 fully saturated rings. The lowest BCUT2D eigenvalue weighted by molar-refractivity contribution is -0.132. The van der Waals surface area contributed by atoms with Gasteiger partial charge in [-0.2, -0.15) is 12.6 Å². The number of carbonyl (C=O) groups is 2. The summed E-state index contributed by atoms with van der Waals surface area (Å²) in [6.07, 6.45) is 7.19. The van der Waals surface area contributed by atoms with Gasteiger partial charge in [-0.3, -0.25) is 9.69 Å². The molecule has 1 heterocycles. The van der Waals surface area contributed by atoms with Gasteiger partial charge >= 0.3 is 6.03 Å². The van der Waals surface area contributed by atoms with Gasteiger partial charge in [0, 0.05) is 6.54 Å². The van der Waals surface area contributed by atoms with Crippen LogP contribution in [0.4, 0.5) is 4.79 Å². The van der Waals surface area contributed by atoms with E-state index in [1.807, 2.05) is 13.8 Å². The van der Waals surface area contributed by atoms with Gasteiger partial charge in [0.25, 0.3) is 5.91 Å². The lowest BCUT2D eigenvalue weighted by Crippen LogP contribution is -2.48. The molecule has 0 aromatic heterocycles. The number of carbonyl (C=O) groups excluding carboxylic acids is 2. The van der Waals surface area contributed by atoms with Crippen LogP contribution in [0.15, 0.2) is 0 Å². The van der Waals surface area contributed by atoms with Crippen LogP contribution in [-0.2, 0) is 4.79 Å². The summed E-state index contributed by atoms with van der Waals surface area (Å²) in [5.41, 5.74) is -0.770. The van der Waals surface area contributed by atoms with E-state index in [4.69, 9.17) is 0 Å². The van der Waals surface area contributed by atoms with Crippen LogP contribution in [0.25, 0.3) is 0 Å². The third kappa shape index (κ3) is 3.13. The van der Waals surface area contributed by atoms with Crippen molar-refractivity contribution >= 4 is 24.6 Å². The zero-order valence-electron chi connectivity index (χ0n) is 12.6. The minimum Gasteiger partial charge on any atom is -0.323 e. The predicted molar refractivity (Wildman–Crippen MR) is 82.9 cm³/mol. The van der Waals surface area contributed by atoms with Crippen molar-refractivity contribution in [1.29, 1.82) is 0 Å². The molecule has 114 valence electrons. The SMILES string of the molecule is CC(C)(CS)CN1C(=O)NC2(CCCCCCC2)C1=O. The van der Waals surface area contributed by atoms with E-state index in [-0.39, 0.29) is 17.4 Å². The summed E-state index contributed by atoms with van der Waals surface area (Å²) in [5, 5.41) is 3.00. The van der Waals surface area contributed by atoms with Crippen LogP contribution in [0.5, 0.6) is 0 Å². The summed E-state index contributed by atoms with van der Waals surface area (Å²) in [5.74, 6) is 0.635. The van der Waals surface area contributed by atoms with Crippen molar-refractivity contribution in [2.24, 2.45) is 5.41 Å². The Morgan fingerprint density at radius 1 is 1.15 bits per heavy atom. The largest absolute Gasteiger partial charge is 0.325 e. The Balaban J connectivity index is 2.14. The number of nitrogens with zero attached hydrogens (tertiary/aromatic N) is 1. The second-order valence-electron chi connectivity index (χ2n) is 6.99. The van der Waals surface area contributed by atoms with Gasteiger partial charge < -0.3 is 5.32 Å². The first-order valence-electron chi connectivity index (χ1n) is 7.65. The number of hydrogen-bond acceptors (Lipinski definition) is 3. The van der Waals surface area contributed by atoms with E-state index in [0.717, 1.165) is 38.5 Å². The van der Waals surface area contributed by atoms with Crippen LogP contribution in [0.2, 0.25) is 0 Å². The van der Waals surface area contributed by atoms with Crippen LogP contribution in [0.1, 0.15) is 58.8 Å². The lowest BCUT2D eigenvalue weighted by Gasteiger charge is -2.30. The predicted octanol–water partition coefficient (Wildman–Crippen LogP) is 2.98. The van der Waals surface area contributed by atoms with Crippen molar-refractivity contribution in [3.8, 4) is 0 Å². The maximum absolute atomic E-state index is 12.8. The number of hydrogen-bond donors (Lipinski definition) is 2. The van der Waals surface area contributed by atoms with Gasteiger partial charge in [0.2, 0.25) is 0 Å². The molecule has 4 nitrogen and oxygen atoms in total. The molecule has 1 N–H and O–H groups in total. The molecule has 0 aromatic carbocycles. The molecule has 2 rings (SSSR count). The number of urea groups is 1. The van der Waals surface area contributed by atoms with Crippen molar-refractivity contribution in [3.05, 3.63) is 0 Å². The van der Waals surface area contributed by atoms with Crippen LogP contribution >= 0.6 is 12.6 Å². The molecule has 1 aliphatic carbocycles. The summed E-state index contributed by atoms with van der Waals surface area (Å²) in [6.45, 7) is 4.51. The highest BCUT2D eigenvalue weighted by atomic mass is 32.1. The van der Waals surface area contributed by atoms with Crippen molar-refractivity contribution in [3.63, 3.8) is 0 Å². The lowest BCUT2D eigenvalue weighted by atomic mass is 9.83. The third-order valence-electron chi connectivity index (χ3n) is 4.47. The monoisotopic (exact) mass is 298 g/mol. The Morgan fingerprint density at radius 2 is 1.70 bits per heavy atom. The quantitative estimate of drug-likeness (QED) is 0.621. The summed E-state index contributed by atoms with van der Waals surface area (Å²) in [7, 11) is 0. The number of nitrogens with one attached hydrogen (secondary N) is 1. The molecule has 1 aliphatic heterocycles. The van der Waals surface area contributed by atoms with Crippen molar-refractivity contribution < 1.29 is 9.59 Å². The first kappa shape index (κ1) is 15.7. The zero-order chi connectivity index (χ0) is 14.8. The normalized spacial score (nSPS) is 23.6. The highest BCUT2D eigenvalue weighted by Crippen LogP contribution is 2.33. The Hall–Kier alpha value is -0.710. The fourth-order valence-corrected chi connectivity index (χ4v) is 3.25. The van der Waals surface area contributed by atoms with Gasteiger partial charge in [-0.25, -0.2) is 4.79 Å². The Morgan fingerprint density at radius 3 is 2.25 bits per heavy atom. The first-order valence-corrected chi connectivity index (χ1v) is 8.28. The van der Waals surface area contributed by atoms with Gasteiger partial charge in [0.05, 0.1) is 0 Å². The second kappa shape index (κ2) is 5.96. The van der Waals surface area contributed by atoms with Crippen molar-refractivity contribution in [2.45, 2.75) is 64.3 Å². The van der Waals surface area contributed by atoms with Crippen molar-refractivity contribution in [2.75, 3.05) is 12.3 Å². The standard InChI is InChI=1S/C15H26N2O2S/c1-14(2,11-20)10-17-12(18)15(16-13(17)19)8-6-4-3-5-7-9-15/h20H,3-11H2,1-2H3,(H,16,19). The molecule has 0 atom stereocenters. The van der Waals surface area contributed by atoms with Crippen molar-refractivity contribution in [1.82, 2.24) is 10.2 Å². The summed E-state index contributed by atoms with van der Waals surface area (Å²) >= 11 is 4.31. The number of imide groups is 1. The second-order valence-corrected chi connectivity index (χ2v) is 7.31. The maximum Gasteiger partial charge on any atom is 0.325 e. The molecule has 1 spiro atoms. The fourth-order valence-electron chi connectivity index (χ4n) is 3.15. The van der Waals surface area contributed by atoms with E-state index in [0.29, 0.717) is 12.3 Å². The molecule has 0 bridgehead atoms. The molecule has 1 saturated carbocycles. The Bertz CT molecular complexity index is 387. The van der Waals surface area contributed by atoms with E-state index in [1.165, 1.54) is 11.3 Å². The molecule has 2 aliphatic rings. The van der Waals surface area contributed by atoms with E-state index >= 15 is 0 Å². The molecule has 5 heteroatoms. The minimum atomic E-state index is -0.621. The fraction of sp³-hybridized carbons (Fsp3) is 0.867. The molecule has 1 saturated heterocycles. The smallest absolute Gasteiger partial charge is 0.323 e. The maximum atomic E-state index is 12.8. The summed E-state index contributed by atoms with van der Waals surface area (Å²) < 4.78 is 0. The Labute approximate surface area is 127 Å². The van der Waals surface area contributed by atoms with Crippen LogP contribution < -0.4 is 5.32 Å². The van der Waals surface area contributed by atoms with Gasteiger partial charge in [-0.15, -0.1) is 0 Å². The van der Waals surface area contributed by atoms with E-state index in [2.05, 4.69) is 17.9 Å². The number of amides is 3. The molecule has 3 amide bonds. The first-order chi connectivity index (χ1) is 9.40. The highest BCUT2D eigenvalue weighted by Gasteiger charge is 2.51. The number of thiol groups is 1. The summed E-state index contributed by atoms with van der Waals surface area (Å²) in [6, 6.07) is -0.217. The zero-order valence-corrected chi connectivity index (χ0v) is 13.5. The Kier molecular flexibility index (Phi) is 4.67. The number of rotatable bonds is 3. The van der Waals surface area contributed by atoms with Crippen LogP contribution in [0, 0.1) is 5.41 Å². The van der Waals surface area contributed by atoms with Gasteiger partial charge in [-0.05, 0) is 24.0 Å². The molecule has 20 heavy (non-hydrogen) atoms. The molecule has 0 aromatic rings. The molecular weight excluding hydrogens is 272 g/mol. The van der Waals surface area contributed by atoms with Gasteiger partial charge in [0.1, 0.15) is 5.54 Å². The van der Waals surface area contributed by atoms with Gasteiger partial charge in [0.15, 0.2) is 0 Å². The average molecular weight is 298 g/mol. The third-order valence-corrected chi connectivity index (χ3v) is 5.32. The average Bonchev–Trinajstić information content (AvgIpc) is 2.59. The van der Waals surface area contributed by atoms with Crippen LogP contribution in [0.3, 0.4) is 0 Å². The van der Waals surface area contributed by atoms with Crippen LogP contribution in [-0.4, -0.2) is 34.7 Å². The highest BCUT2D eigenvalue weighted by molar-refractivity contribution is 7.80. The summed E-state index contributed by atoms with van der Waals surface area (Å²) in [4.78, 5) is 26.4. The molecule has 0 radical (unpaired) electrons. The minimum absolute atomic E-state index is 0.0146. The molecule has 0 unspecified atom stereocenters. The van der Waals surface area contributed by atoms with Gasteiger partial charge in [-0.1, -0.05) is 46.0 Å². The van der Waals surface area contributed by atoms with E-state index < -0.39 is 5.54 Å². The molecular formula is C15H26N2O2S. The topological polar surface area (TPSA) is 49.4 Å². The van der Waals surface area contributed by atoms with E-state index in [9.17, 15) is 9.59 Å². The van der Waals surface area contributed by atoms with E-state index in [1.54, 1.807) is 0 Å².